The average Bonchev–Trinajstić information content (AvgIpc) is 3.03. The van der Waals surface area contributed by atoms with E-state index in [9.17, 15) is 4.79 Å². The number of ether oxygens (including phenoxy) is 1. The van der Waals surface area contributed by atoms with Gasteiger partial charge in [-0.1, -0.05) is 0 Å². The van der Waals surface area contributed by atoms with Gasteiger partial charge in [0.15, 0.2) is 0 Å². The Kier molecular flexibility index (Phi) is 4.99. The van der Waals surface area contributed by atoms with E-state index in [0.717, 1.165) is 43.5 Å². The van der Waals surface area contributed by atoms with E-state index in [1.54, 1.807) is 18.5 Å². The summed E-state index contributed by atoms with van der Waals surface area (Å²) in [6.45, 7) is 6.16. The number of furan rings is 1. The van der Waals surface area contributed by atoms with Gasteiger partial charge in [-0.25, -0.2) is 0 Å². The maximum atomic E-state index is 12.1. The van der Waals surface area contributed by atoms with Crippen molar-refractivity contribution in [1.82, 2.24) is 20.2 Å². The summed E-state index contributed by atoms with van der Waals surface area (Å²) < 4.78 is 10.8. The molecule has 2 aromatic rings. The maximum absolute atomic E-state index is 12.1. The van der Waals surface area contributed by atoms with E-state index in [1.165, 1.54) is 6.26 Å². The predicted molar refractivity (Wildman–Crippen MR) is 82.7 cm³/mol. The second-order valence-corrected chi connectivity index (χ2v) is 5.52. The van der Waals surface area contributed by atoms with Gasteiger partial charge in [0.1, 0.15) is 12.0 Å². The summed E-state index contributed by atoms with van der Waals surface area (Å²) in [5.74, 6) is 0.608. The fraction of sp³-hybridized carbons (Fsp3) is 0.438. The normalized spacial score (nSPS) is 15.5. The van der Waals surface area contributed by atoms with Crippen LogP contribution in [0.5, 0.6) is 0 Å². The van der Waals surface area contributed by atoms with Gasteiger partial charge in [-0.2, -0.15) is 0 Å². The van der Waals surface area contributed by atoms with Crippen LogP contribution in [0.3, 0.4) is 0 Å². The highest BCUT2D eigenvalue weighted by Gasteiger charge is 2.15. The number of nitrogens with zero attached hydrogens (tertiary/aromatic N) is 3. The summed E-state index contributed by atoms with van der Waals surface area (Å²) in [7, 11) is 0. The SMILES string of the molecule is Cc1cnc(CNC(=O)c2coc(CN3CCOCC3)c2)cn1. The Morgan fingerprint density at radius 1 is 1.30 bits per heavy atom. The third-order valence-corrected chi connectivity index (χ3v) is 3.66. The van der Waals surface area contributed by atoms with Gasteiger partial charge in [-0.3, -0.25) is 19.7 Å². The highest BCUT2D eigenvalue weighted by atomic mass is 16.5. The van der Waals surface area contributed by atoms with E-state index in [1.807, 2.05) is 6.92 Å². The third kappa shape index (κ3) is 4.37. The zero-order valence-electron chi connectivity index (χ0n) is 13.1. The van der Waals surface area contributed by atoms with Crippen LogP contribution >= 0.6 is 0 Å². The molecule has 122 valence electrons. The Bertz CT molecular complexity index is 648. The van der Waals surface area contributed by atoms with Crippen LogP contribution in [0.2, 0.25) is 0 Å². The summed E-state index contributed by atoms with van der Waals surface area (Å²) in [6.07, 6.45) is 4.83. The molecule has 1 N–H and O–H groups in total. The van der Waals surface area contributed by atoms with E-state index in [4.69, 9.17) is 9.15 Å². The van der Waals surface area contributed by atoms with Gasteiger partial charge in [-0.05, 0) is 13.0 Å². The molecular weight excluding hydrogens is 296 g/mol. The van der Waals surface area contributed by atoms with Crippen LogP contribution in [0.25, 0.3) is 0 Å². The van der Waals surface area contributed by atoms with E-state index in [-0.39, 0.29) is 5.91 Å². The average molecular weight is 316 g/mol. The maximum Gasteiger partial charge on any atom is 0.254 e. The van der Waals surface area contributed by atoms with Crippen molar-refractivity contribution in [1.29, 1.82) is 0 Å². The number of amides is 1. The monoisotopic (exact) mass is 316 g/mol. The largest absolute Gasteiger partial charge is 0.467 e. The summed E-state index contributed by atoms with van der Waals surface area (Å²) >= 11 is 0. The molecule has 7 nitrogen and oxygen atoms in total. The molecule has 0 atom stereocenters. The van der Waals surface area contributed by atoms with Gasteiger partial charge in [-0.15, -0.1) is 0 Å². The van der Waals surface area contributed by atoms with Crippen molar-refractivity contribution in [3.8, 4) is 0 Å². The topological polar surface area (TPSA) is 80.5 Å². The molecule has 1 aliphatic rings. The van der Waals surface area contributed by atoms with E-state index < -0.39 is 0 Å². The molecule has 3 rings (SSSR count). The molecule has 2 aromatic heterocycles. The number of hydrogen-bond donors (Lipinski definition) is 1. The van der Waals surface area contributed by atoms with Gasteiger partial charge in [0.25, 0.3) is 5.91 Å². The van der Waals surface area contributed by atoms with Crippen molar-refractivity contribution >= 4 is 5.91 Å². The second-order valence-electron chi connectivity index (χ2n) is 5.52. The van der Waals surface area contributed by atoms with Gasteiger partial charge >= 0.3 is 0 Å². The first-order valence-corrected chi connectivity index (χ1v) is 7.64. The number of aryl methyl sites for hydroxylation is 1. The number of nitrogens with one attached hydrogen (secondary N) is 1. The standard InChI is InChI=1S/C16H20N4O3/c1-12-7-18-14(8-17-12)9-19-16(21)13-6-15(23-11-13)10-20-2-4-22-5-3-20/h6-8,11H,2-5,9-10H2,1H3,(H,19,21). The van der Waals surface area contributed by atoms with Crippen LogP contribution in [0, 0.1) is 6.92 Å². The van der Waals surface area contributed by atoms with Crippen LogP contribution in [0.4, 0.5) is 0 Å². The minimum atomic E-state index is -0.177. The number of hydrogen-bond acceptors (Lipinski definition) is 6. The second kappa shape index (κ2) is 7.34. The van der Waals surface area contributed by atoms with Crippen molar-refractivity contribution in [2.75, 3.05) is 26.3 Å². The fourth-order valence-electron chi connectivity index (χ4n) is 2.35. The zero-order chi connectivity index (χ0) is 16.1. The molecule has 0 aromatic carbocycles. The Morgan fingerprint density at radius 2 is 2.13 bits per heavy atom. The van der Waals surface area contributed by atoms with Crippen molar-refractivity contribution in [2.45, 2.75) is 20.0 Å². The summed E-state index contributed by atoms with van der Waals surface area (Å²) in [6, 6.07) is 1.78. The molecule has 0 unspecified atom stereocenters. The molecule has 0 saturated carbocycles. The molecule has 0 radical (unpaired) electrons. The van der Waals surface area contributed by atoms with Crippen molar-refractivity contribution in [3.05, 3.63) is 47.4 Å². The highest BCUT2D eigenvalue weighted by molar-refractivity contribution is 5.93. The summed E-state index contributed by atoms with van der Waals surface area (Å²) in [5, 5.41) is 2.82. The minimum absolute atomic E-state index is 0.177. The minimum Gasteiger partial charge on any atom is -0.467 e. The van der Waals surface area contributed by atoms with Crippen molar-refractivity contribution in [2.24, 2.45) is 0 Å². The molecule has 0 aliphatic carbocycles. The van der Waals surface area contributed by atoms with Crippen LogP contribution in [0.15, 0.2) is 29.1 Å². The van der Waals surface area contributed by atoms with E-state index in [2.05, 4.69) is 20.2 Å². The Labute approximate surface area is 134 Å². The third-order valence-electron chi connectivity index (χ3n) is 3.66. The lowest BCUT2D eigenvalue weighted by Crippen LogP contribution is -2.35. The Balaban J connectivity index is 1.52. The van der Waals surface area contributed by atoms with Crippen molar-refractivity contribution < 1.29 is 13.9 Å². The number of carbonyl (C=O) groups is 1. The number of carbonyl (C=O) groups excluding carboxylic acids is 1. The fourth-order valence-corrected chi connectivity index (χ4v) is 2.35. The highest BCUT2D eigenvalue weighted by Crippen LogP contribution is 2.12. The number of morpholine rings is 1. The van der Waals surface area contributed by atoms with E-state index >= 15 is 0 Å². The van der Waals surface area contributed by atoms with Gasteiger partial charge < -0.3 is 14.5 Å². The van der Waals surface area contributed by atoms with Gasteiger partial charge in [0.05, 0.1) is 49.5 Å². The van der Waals surface area contributed by atoms with Crippen LogP contribution in [0.1, 0.15) is 27.5 Å². The number of aromatic nitrogens is 2. The lowest BCUT2D eigenvalue weighted by molar-refractivity contribution is 0.0313. The first-order valence-electron chi connectivity index (χ1n) is 7.64. The molecule has 1 saturated heterocycles. The van der Waals surface area contributed by atoms with E-state index in [0.29, 0.717) is 18.7 Å². The first-order chi connectivity index (χ1) is 11.2. The lowest BCUT2D eigenvalue weighted by atomic mass is 10.2. The molecule has 0 bridgehead atoms. The molecule has 1 amide bonds. The molecular formula is C16H20N4O3. The summed E-state index contributed by atoms with van der Waals surface area (Å²) in [5.41, 5.74) is 2.09. The smallest absolute Gasteiger partial charge is 0.254 e. The van der Waals surface area contributed by atoms with Crippen LogP contribution < -0.4 is 5.32 Å². The van der Waals surface area contributed by atoms with Crippen molar-refractivity contribution in [3.63, 3.8) is 0 Å². The zero-order valence-corrected chi connectivity index (χ0v) is 13.1. The lowest BCUT2D eigenvalue weighted by Gasteiger charge is -2.25. The summed E-state index contributed by atoms with van der Waals surface area (Å²) in [4.78, 5) is 22.7. The quantitative estimate of drug-likeness (QED) is 0.891. The molecule has 1 fully saturated rings. The molecule has 7 heteroatoms. The number of rotatable bonds is 5. The predicted octanol–water partition coefficient (Wildman–Crippen LogP) is 1.14. The van der Waals surface area contributed by atoms with Gasteiger partial charge in [0.2, 0.25) is 0 Å². The molecule has 23 heavy (non-hydrogen) atoms. The Hall–Kier alpha value is -2.25. The molecule has 1 aliphatic heterocycles. The van der Waals surface area contributed by atoms with Crippen LogP contribution in [-0.4, -0.2) is 47.1 Å². The molecule has 0 spiro atoms. The Morgan fingerprint density at radius 3 is 2.87 bits per heavy atom. The molecule has 3 heterocycles. The van der Waals surface area contributed by atoms with Crippen LogP contribution in [-0.2, 0) is 17.8 Å². The van der Waals surface area contributed by atoms with Gasteiger partial charge in [0, 0.05) is 19.3 Å². The first kappa shape index (κ1) is 15.6.